The van der Waals surface area contributed by atoms with E-state index < -0.39 is 0 Å². The Kier molecular flexibility index (Phi) is 8.43. The van der Waals surface area contributed by atoms with Crippen LogP contribution in [0.2, 0.25) is 5.02 Å². The number of aromatic nitrogens is 2. The number of morpholine rings is 1. The van der Waals surface area contributed by atoms with Crippen LogP contribution in [0, 0.1) is 0 Å². The summed E-state index contributed by atoms with van der Waals surface area (Å²) in [5.74, 6) is 0.228. The van der Waals surface area contributed by atoms with Crippen LogP contribution in [0.25, 0.3) is 0 Å². The van der Waals surface area contributed by atoms with Gasteiger partial charge in [0.15, 0.2) is 5.69 Å². The van der Waals surface area contributed by atoms with Gasteiger partial charge in [-0.2, -0.15) is 0 Å². The Balaban J connectivity index is 1.37. The molecule has 0 saturated carbocycles. The lowest BCUT2D eigenvalue weighted by Crippen LogP contribution is -2.41. The van der Waals surface area contributed by atoms with Crippen LogP contribution >= 0.6 is 11.6 Å². The van der Waals surface area contributed by atoms with Crippen molar-refractivity contribution >= 4 is 17.5 Å². The van der Waals surface area contributed by atoms with Gasteiger partial charge in [-0.1, -0.05) is 29.8 Å². The molecule has 0 radical (unpaired) electrons. The summed E-state index contributed by atoms with van der Waals surface area (Å²) in [6.07, 6.45) is 4.80. The molecule has 1 amide bonds. The lowest BCUT2D eigenvalue weighted by molar-refractivity contribution is 0.0320. The minimum absolute atomic E-state index is 0.268. The Hall–Kier alpha value is -2.78. The quantitative estimate of drug-likeness (QED) is 0.488. The Morgan fingerprint density at radius 1 is 1.12 bits per heavy atom. The topological polar surface area (TPSA) is 83.7 Å². The van der Waals surface area contributed by atoms with Crippen molar-refractivity contribution in [1.29, 1.82) is 0 Å². The maximum Gasteiger partial charge on any atom is 0.273 e. The van der Waals surface area contributed by atoms with Crippen LogP contribution in [0.4, 0.5) is 0 Å². The van der Waals surface area contributed by atoms with Crippen molar-refractivity contribution in [3.8, 4) is 0 Å². The van der Waals surface area contributed by atoms with Crippen LogP contribution in [-0.4, -0.2) is 65.1 Å². The number of nitrogens with one attached hydrogen (secondary N) is 1. The zero-order chi connectivity index (χ0) is 22.9. The second-order valence-electron chi connectivity index (χ2n) is 7.92. The van der Waals surface area contributed by atoms with E-state index in [9.17, 15) is 4.79 Å². The van der Waals surface area contributed by atoms with Crippen LogP contribution in [-0.2, 0) is 24.4 Å². The summed E-state index contributed by atoms with van der Waals surface area (Å²) >= 11 is 6.40. The van der Waals surface area contributed by atoms with Crippen molar-refractivity contribution in [2.24, 2.45) is 0 Å². The van der Waals surface area contributed by atoms with Gasteiger partial charge < -0.3 is 14.5 Å². The van der Waals surface area contributed by atoms with E-state index in [1.54, 1.807) is 12.4 Å². The zero-order valence-electron chi connectivity index (χ0n) is 18.5. The van der Waals surface area contributed by atoms with Crippen LogP contribution < -0.4 is 5.32 Å². The van der Waals surface area contributed by atoms with Crippen molar-refractivity contribution in [2.45, 2.75) is 19.6 Å². The molecule has 0 bridgehead atoms. The highest BCUT2D eigenvalue weighted by molar-refractivity contribution is 6.31. The molecule has 33 heavy (non-hydrogen) atoms. The number of hydrogen-bond acceptors (Lipinski definition) is 7. The number of oxazole rings is 1. The predicted octanol–water partition coefficient (Wildman–Crippen LogP) is 2.99. The Morgan fingerprint density at radius 3 is 2.70 bits per heavy atom. The molecule has 3 heterocycles. The number of halogens is 1. The first-order valence-electron chi connectivity index (χ1n) is 11.0. The highest BCUT2D eigenvalue weighted by Gasteiger charge is 2.18. The number of nitrogens with zero attached hydrogens (tertiary/aromatic N) is 4. The summed E-state index contributed by atoms with van der Waals surface area (Å²) in [5, 5.41) is 3.59. The van der Waals surface area contributed by atoms with Gasteiger partial charge in [-0.3, -0.25) is 19.6 Å². The van der Waals surface area contributed by atoms with Gasteiger partial charge in [0.25, 0.3) is 5.91 Å². The third-order valence-corrected chi connectivity index (χ3v) is 5.90. The van der Waals surface area contributed by atoms with Crippen molar-refractivity contribution in [2.75, 3.05) is 39.4 Å². The molecule has 174 valence electrons. The van der Waals surface area contributed by atoms with Gasteiger partial charge >= 0.3 is 0 Å². The fraction of sp³-hybridized carbons (Fsp3) is 0.375. The number of hydrogen-bond donors (Lipinski definition) is 1. The molecule has 0 aliphatic carbocycles. The van der Waals surface area contributed by atoms with Gasteiger partial charge in [0, 0.05) is 56.7 Å². The van der Waals surface area contributed by atoms with Gasteiger partial charge in [-0.05, 0) is 29.3 Å². The van der Waals surface area contributed by atoms with Crippen molar-refractivity contribution in [3.05, 3.63) is 82.8 Å². The number of rotatable bonds is 10. The highest BCUT2D eigenvalue weighted by Crippen LogP contribution is 2.18. The molecule has 0 atom stereocenters. The summed E-state index contributed by atoms with van der Waals surface area (Å²) < 4.78 is 11.1. The largest absolute Gasteiger partial charge is 0.447 e. The molecule has 1 saturated heterocycles. The van der Waals surface area contributed by atoms with Crippen LogP contribution in [0.5, 0.6) is 0 Å². The molecule has 1 aliphatic heterocycles. The third kappa shape index (κ3) is 7.10. The van der Waals surface area contributed by atoms with E-state index >= 15 is 0 Å². The highest BCUT2D eigenvalue weighted by atomic mass is 35.5. The molecule has 4 rings (SSSR count). The first-order valence-corrected chi connectivity index (χ1v) is 11.4. The maximum atomic E-state index is 12.5. The van der Waals surface area contributed by atoms with Crippen molar-refractivity contribution in [3.63, 3.8) is 0 Å². The summed E-state index contributed by atoms with van der Waals surface area (Å²) in [4.78, 5) is 25.5. The normalized spacial score (nSPS) is 14.5. The first-order chi connectivity index (χ1) is 16.2. The Labute approximate surface area is 198 Å². The number of carbonyl (C=O) groups is 1. The van der Waals surface area contributed by atoms with E-state index in [0.29, 0.717) is 25.5 Å². The summed E-state index contributed by atoms with van der Waals surface area (Å²) in [6.45, 7) is 6.67. The molecule has 8 nitrogen and oxygen atoms in total. The molecule has 1 aliphatic rings. The van der Waals surface area contributed by atoms with Crippen LogP contribution in [0.15, 0.2) is 59.5 Å². The minimum atomic E-state index is -0.271. The van der Waals surface area contributed by atoms with Gasteiger partial charge in [-0.25, -0.2) is 4.98 Å². The predicted molar refractivity (Wildman–Crippen MR) is 125 cm³/mol. The van der Waals surface area contributed by atoms with Gasteiger partial charge in [0.1, 0.15) is 6.26 Å². The summed E-state index contributed by atoms with van der Waals surface area (Å²) in [7, 11) is 0. The molecule has 1 fully saturated rings. The van der Waals surface area contributed by atoms with E-state index in [-0.39, 0.29) is 11.6 Å². The summed E-state index contributed by atoms with van der Waals surface area (Å²) in [6, 6.07) is 11.5. The SMILES string of the molecule is O=C(NCc1ccncc1)c1coc(CN(CCN2CCOCC2)Cc2ccccc2Cl)n1. The second kappa shape index (κ2) is 11.9. The molecule has 2 aromatic heterocycles. The van der Waals surface area contributed by atoms with Gasteiger partial charge in [0.2, 0.25) is 5.89 Å². The summed E-state index contributed by atoms with van der Waals surface area (Å²) in [5.41, 5.74) is 2.28. The lowest BCUT2D eigenvalue weighted by atomic mass is 10.2. The monoisotopic (exact) mass is 469 g/mol. The van der Waals surface area contributed by atoms with Gasteiger partial charge in [0.05, 0.1) is 19.8 Å². The number of benzene rings is 1. The number of pyridine rings is 1. The molecule has 1 N–H and O–H groups in total. The van der Waals surface area contributed by atoms with E-state index in [0.717, 1.165) is 55.5 Å². The Bertz CT molecular complexity index is 1020. The fourth-order valence-electron chi connectivity index (χ4n) is 3.64. The zero-order valence-corrected chi connectivity index (χ0v) is 19.2. The molecular formula is C24H28ClN5O3. The van der Waals surface area contributed by atoms with Crippen LogP contribution in [0.3, 0.4) is 0 Å². The molecule has 0 spiro atoms. The second-order valence-corrected chi connectivity index (χ2v) is 8.33. The Morgan fingerprint density at radius 2 is 1.91 bits per heavy atom. The maximum absolute atomic E-state index is 12.5. The van der Waals surface area contributed by atoms with Crippen LogP contribution in [0.1, 0.15) is 27.5 Å². The number of carbonyl (C=O) groups excluding carboxylic acids is 1. The minimum Gasteiger partial charge on any atom is -0.447 e. The number of amides is 1. The molecule has 1 aromatic carbocycles. The lowest BCUT2D eigenvalue weighted by Gasteiger charge is -2.29. The molecule has 9 heteroatoms. The van der Waals surface area contributed by atoms with E-state index in [2.05, 4.69) is 25.1 Å². The molecular weight excluding hydrogens is 442 g/mol. The van der Waals surface area contributed by atoms with Crippen molar-refractivity contribution < 1.29 is 13.9 Å². The third-order valence-electron chi connectivity index (χ3n) is 5.53. The van der Waals surface area contributed by atoms with Crippen molar-refractivity contribution in [1.82, 2.24) is 25.1 Å². The fourth-order valence-corrected chi connectivity index (χ4v) is 3.84. The average molecular weight is 470 g/mol. The van der Waals surface area contributed by atoms with E-state index in [1.807, 2.05) is 36.4 Å². The average Bonchev–Trinajstić information content (AvgIpc) is 3.32. The standard InChI is InChI=1S/C24H28ClN5O3/c25-21-4-2-1-3-20(21)16-30(10-9-29-11-13-32-14-12-29)17-23-28-22(18-33-23)24(31)27-15-19-5-7-26-8-6-19/h1-8,18H,9-17H2,(H,27,31). The molecule has 3 aromatic rings. The van der Waals surface area contributed by atoms with E-state index in [4.69, 9.17) is 20.8 Å². The van der Waals surface area contributed by atoms with E-state index in [1.165, 1.54) is 6.26 Å². The first kappa shape index (κ1) is 23.4. The molecule has 0 unspecified atom stereocenters. The number of ether oxygens (including phenoxy) is 1. The smallest absolute Gasteiger partial charge is 0.273 e. The van der Waals surface area contributed by atoms with Gasteiger partial charge in [-0.15, -0.1) is 0 Å².